The maximum atomic E-state index is 4.31. The number of rotatable bonds is 0. The predicted octanol–water partition coefficient (Wildman–Crippen LogP) is 2.57. The van der Waals surface area contributed by atoms with E-state index in [-0.39, 0.29) is 0 Å². The van der Waals surface area contributed by atoms with Crippen LogP contribution in [0.4, 0.5) is 0 Å². The molecule has 5 heteroatoms. The molecule has 0 radical (unpaired) electrons. The molecular weight excluding hydrogens is 250 g/mol. The Bertz CT molecular complexity index is 599. The molecule has 0 saturated carbocycles. The van der Waals surface area contributed by atoms with Gasteiger partial charge < -0.3 is 4.72 Å². The highest BCUT2D eigenvalue weighted by atomic mass is 32.2. The van der Waals surface area contributed by atoms with Gasteiger partial charge in [0.05, 0.1) is 17.8 Å². The van der Waals surface area contributed by atoms with Crippen molar-refractivity contribution < 1.29 is 0 Å². The van der Waals surface area contributed by atoms with Crippen molar-refractivity contribution in [1.82, 2.24) is 14.0 Å². The topological polar surface area (TPSA) is 28.2 Å². The number of hydrogen-bond acceptors (Lipinski definition) is 5. The first-order valence-electron chi connectivity index (χ1n) is 5.07. The lowest BCUT2D eigenvalue weighted by atomic mass is 10.2. The largest absolute Gasteiger partial charge is 0.316 e. The van der Waals surface area contributed by atoms with Crippen LogP contribution in [0, 0.1) is 18.8 Å². The predicted molar refractivity (Wildman–Crippen MR) is 71.6 cm³/mol. The molecule has 84 valence electrons. The molecule has 3 heterocycles. The minimum absolute atomic E-state index is 0.868. The monoisotopic (exact) mass is 259 g/mol. The van der Waals surface area contributed by atoms with E-state index in [1.165, 1.54) is 0 Å². The van der Waals surface area contributed by atoms with Crippen LogP contribution >= 0.6 is 23.5 Å². The molecule has 1 aromatic heterocycles. The Hall–Kier alpha value is -1.64. The van der Waals surface area contributed by atoms with Crippen LogP contribution in [0.15, 0.2) is 41.2 Å². The van der Waals surface area contributed by atoms with Crippen molar-refractivity contribution in [3.8, 4) is 11.8 Å². The van der Waals surface area contributed by atoms with Gasteiger partial charge in [-0.15, -0.1) is 11.3 Å². The molecular formula is C12H9N3S2. The molecule has 3 rings (SSSR count). The average Bonchev–Trinajstić information content (AvgIpc) is 2.94. The Kier molecular flexibility index (Phi) is 2.67. The molecule has 2 aliphatic heterocycles. The Morgan fingerprint density at radius 2 is 2.35 bits per heavy atom. The maximum absolute atomic E-state index is 4.31. The van der Waals surface area contributed by atoms with Crippen LogP contribution in [0.5, 0.6) is 0 Å². The highest BCUT2D eigenvalue weighted by Gasteiger charge is 2.14. The molecule has 0 aromatic carbocycles. The standard InChI is InChI=1S/C12H9N3S2/c1-9-8-16-12(14-9)3-2-10-4-5-15-11(6-10)7-13-17-15/h4-8,13H,1H3. The van der Waals surface area contributed by atoms with Crippen molar-refractivity contribution in [3.63, 3.8) is 0 Å². The summed E-state index contributed by atoms with van der Waals surface area (Å²) in [6.45, 7) is 1.98. The summed E-state index contributed by atoms with van der Waals surface area (Å²) in [5, 5.41) is 2.88. The molecule has 0 fully saturated rings. The highest BCUT2D eigenvalue weighted by molar-refractivity contribution is 7.95. The second kappa shape index (κ2) is 4.32. The van der Waals surface area contributed by atoms with Crippen LogP contribution in [0.3, 0.4) is 0 Å². The van der Waals surface area contributed by atoms with Gasteiger partial charge in [0, 0.05) is 29.0 Å². The zero-order valence-corrected chi connectivity index (χ0v) is 10.7. The van der Waals surface area contributed by atoms with Crippen molar-refractivity contribution in [2.24, 2.45) is 0 Å². The quantitative estimate of drug-likeness (QED) is 0.572. The van der Waals surface area contributed by atoms with E-state index in [0.29, 0.717) is 0 Å². The van der Waals surface area contributed by atoms with E-state index in [1.807, 2.05) is 30.8 Å². The lowest BCUT2D eigenvalue weighted by molar-refractivity contribution is 0.804. The second-order valence-electron chi connectivity index (χ2n) is 3.56. The van der Waals surface area contributed by atoms with Crippen LogP contribution in [0.2, 0.25) is 0 Å². The summed E-state index contributed by atoms with van der Waals surface area (Å²) < 4.78 is 5.14. The fourth-order valence-corrected chi connectivity index (χ4v) is 2.71. The number of nitrogens with one attached hydrogen (secondary N) is 1. The van der Waals surface area contributed by atoms with Crippen molar-refractivity contribution >= 4 is 23.5 Å². The van der Waals surface area contributed by atoms with E-state index in [9.17, 15) is 0 Å². The molecule has 1 N–H and O–H groups in total. The molecule has 0 bridgehead atoms. The Morgan fingerprint density at radius 1 is 1.41 bits per heavy atom. The van der Waals surface area contributed by atoms with Gasteiger partial charge >= 0.3 is 0 Å². The van der Waals surface area contributed by atoms with E-state index < -0.39 is 0 Å². The number of aryl methyl sites for hydroxylation is 1. The van der Waals surface area contributed by atoms with Gasteiger partial charge in [-0.2, -0.15) is 0 Å². The lowest BCUT2D eigenvalue weighted by Crippen LogP contribution is -2.05. The van der Waals surface area contributed by atoms with E-state index in [4.69, 9.17) is 0 Å². The van der Waals surface area contributed by atoms with E-state index in [0.717, 1.165) is 22.0 Å². The number of nitrogens with zero attached hydrogens (tertiary/aromatic N) is 2. The van der Waals surface area contributed by atoms with Crippen LogP contribution in [-0.4, -0.2) is 9.29 Å². The fraction of sp³-hybridized carbons (Fsp3) is 0.0833. The summed E-state index contributed by atoms with van der Waals surface area (Å²) in [6.07, 6.45) is 8.03. The molecule has 1 aromatic rings. The minimum Gasteiger partial charge on any atom is -0.316 e. The van der Waals surface area contributed by atoms with Gasteiger partial charge in [-0.1, -0.05) is 5.92 Å². The third-order valence-electron chi connectivity index (χ3n) is 2.24. The van der Waals surface area contributed by atoms with Crippen molar-refractivity contribution in [2.75, 3.05) is 0 Å². The molecule has 0 unspecified atom stereocenters. The molecule has 0 amide bonds. The molecule has 0 aliphatic carbocycles. The third kappa shape index (κ3) is 2.23. The Labute approximate surface area is 108 Å². The van der Waals surface area contributed by atoms with Crippen LogP contribution in [-0.2, 0) is 0 Å². The van der Waals surface area contributed by atoms with Crippen molar-refractivity contribution in [1.29, 1.82) is 0 Å². The van der Waals surface area contributed by atoms with E-state index in [2.05, 4.69) is 31.9 Å². The molecule has 0 saturated heterocycles. The molecule has 0 spiro atoms. The smallest absolute Gasteiger partial charge is 0.167 e. The Morgan fingerprint density at radius 3 is 3.18 bits per heavy atom. The average molecular weight is 259 g/mol. The number of fused-ring (bicyclic) bond motifs is 1. The van der Waals surface area contributed by atoms with Gasteiger partial charge in [-0.25, -0.2) is 4.98 Å². The van der Waals surface area contributed by atoms with E-state index >= 15 is 0 Å². The summed E-state index contributed by atoms with van der Waals surface area (Å²) in [6, 6.07) is 0. The first-order chi connectivity index (χ1) is 8.31. The zero-order valence-electron chi connectivity index (χ0n) is 9.10. The first-order valence-corrected chi connectivity index (χ1v) is 6.72. The van der Waals surface area contributed by atoms with Crippen LogP contribution in [0.25, 0.3) is 0 Å². The number of aromatic nitrogens is 1. The van der Waals surface area contributed by atoms with Gasteiger partial charge in [-0.05, 0) is 25.0 Å². The normalized spacial score (nSPS) is 16.6. The summed E-state index contributed by atoms with van der Waals surface area (Å²) in [5.74, 6) is 6.21. The second-order valence-corrected chi connectivity index (χ2v) is 5.23. The van der Waals surface area contributed by atoms with Crippen LogP contribution < -0.4 is 4.72 Å². The number of hydrogen-bond donors (Lipinski definition) is 1. The molecule has 0 atom stereocenters. The first kappa shape index (κ1) is 10.5. The fourth-order valence-electron chi connectivity index (χ4n) is 1.45. The number of allylic oxidation sites excluding steroid dienone is 3. The summed E-state index contributed by atoms with van der Waals surface area (Å²) >= 11 is 3.13. The highest BCUT2D eigenvalue weighted by Crippen LogP contribution is 2.27. The van der Waals surface area contributed by atoms with Gasteiger partial charge in [-0.3, -0.25) is 4.31 Å². The summed E-state index contributed by atoms with van der Waals surface area (Å²) in [4.78, 5) is 4.31. The zero-order chi connectivity index (χ0) is 11.7. The Balaban J connectivity index is 1.83. The van der Waals surface area contributed by atoms with Crippen LogP contribution in [0.1, 0.15) is 10.7 Å². The van der Waals surface area contributed by atoms with Gasteiger partial charge in [0.15, 0.2) is 5.01 Å². The number of thiazole rings is 1. The third-order valence-corrected chi connectivity index (χ3v) is 3.87. The molecule has 3 nitrogen and oxygen atoms in total. The van der Waals surface area contributed by atoms with Gasteiger partial charge in [0.2, 0.25) is 0 Å². The molecule has 2 aliphatic rings. The lowest BCUT2D eigenvalue weighted by Gasteiger charge is -2.14. The van der Waals surface area contributed by atoms with Crippen molar-refractivity contribution in [2.45, 2.75) is 6.92 Å². The SMILES string of the molecule is Cc1csc(C#CC2=CC3=CNSN3C=C2)n1. The minimum atomic E-state index is 0.868. The summed E-state index contributed by atoms with van der Waals surface area (Å²) in [7, 11) is 0. The van der Waals surface area contributed by atoms with E-state index in [1.54, 1.807) is 23.5 Å². The van der Waals surface area contributed by atoms with Gasteiger partial charge in [0.25, 0.3) is 0 Å². The van der Waals surface area contributed by atoms with Gasteiger partial charge in [0.1, 0.15) is 0 Å². The summed E-state index contributed by atoms with van der Waals surface area (Å²) in [5.41, 5.74) is 3.15. The van der Waals surface area contributed by atoms with Crippen molar-refractivity contribution in [3.05, 3.63) is 51.9 Å². The maximum Gasteiger partial charge on any atom is 0.167 e. The molecule has 17 heavy (non-hydrogen) atoms.